The Hall–Kier alpha value is -2.63. The van der Waals surface area contributed by atoms with E-state index < -0.39 is 5.97 Å². The molecule has 6 heteroatoms. The number of aromatic nitrogens is 1. The number of hydrogen-bond acceptors (Lipinski definition) is 4. The van der Waals surface area contributed by atoms with Crippen molar-refractivity contribution < 1.29 is 19.2 Å². The molecule has 0 aliphatic carbocycles. The lowest BCUT2D eigenvalue weighted by Gasteiger charge is -2.13. The first kappa shape index (κ1) is 16.7. The zero-order valence-electron chi connectivity index (χ0n) is 13.6. The summed E-state index contributed by atoms with van der Waals surface area (Å²) < 4.78 is 5.11. The number of carbonyl (C=O) groups is 2. The number of amides is 1. The first-order valence-electron chi connectivity index (χ1n) is 7.36. The number of carboxylic acid groups (broad SMARTS) is 1. The van der Waals surface area contributed by atoms with Gasteiger partial charge in [0.15, 0.2) is 0 Å². The standard InChI is InChI=1S/C17H20N2O4/c1-9-7-13(5-6-14(9)17(21)22)18-16(20)10(2)8-15-11(3)19-23-12(15)4/h5-7,10H,8H2,1-4H3,(H,18,20)(H,21,22)/t10-/m0/s1. The number of benzene rings is 1. The van der Waals surface area contributed by atoms with Crippen molar-refractivity contribution in [2.24, 2.45) is 5.92 Å². The number of nitrogens with one attached hydrogen (secondary N) is 1. The Bertz CT molecular complexity index is 730. The molecule has 1 aromatic heterocycles. The molecule has 0 bridgehead atoms. The minimum atomic E-state index is -0.979. The van der Waals surface area contributed by atoms with Gasteiger partial charge in [-0.2, -0.15) is 0 Å². The van der Waals surface area contributed by atoms with Crippen LogP contribution in [0.5, 0.6) is 0 Å². The topological polar surface area (TPSA) is 92.4 Å². The van der Waals surface area contributed by atoms with Gasteiger partial charge in [-0.3, -0.25) is 4.79 Å². The predicted molar refractivity (Wildman–Crippen MR) is 85.6 cm³/mol. The Morgan fingerprint density at radius 2 is 2.00 bits per heavy atom. The summed E-state index contributed by atoms with van der Waals surface area (Å²) in [4.78, 5) is 23.3. The number of nitrogens with zero attached hydrogens (tertiary/aromatic N) is 1. The van der Waals surface area contributed by atoms with Crippen LogP contribution in [0.4, 0.5) is 5.69 Å². The highest BCUT2D eigenvalue weighted by molar-refractivity contribution is 5.94. The minimum absolute atomic E-state index is 0.132. The minimum Gasteiger partial charge on any atom is -0.478 e. The third-order valence-corrected chi connectivity index (χ3v) is 3.86. The van der Waals surface area contributed by atoms with Gasteiger partial charge in [0.05, 0.1) is 11.3 Å². The summed E-state index contributed by atoms with van der Waals surface area (Å²) in [6.45, 7) is 7.21. The van der Waals surface area contributed by atoms with Crippen LogP contribution in [0.25, 0.3) is 0 Å². The van der Waals surface area contributed by atoms with Gasteiger partial charge in [-0.25, -0.2) is 4.79 Å². The van der Waals surface area contributed by atoms with Gasteiger partial charge < -0.3 is 14.9 Å². The van der Waals surface area contributed by atoms with Crippen LogP contribution in [-0.4, -0.2) is 22.1 Å². The number of carboxylic acids is 1. The van der Waals surface area contributed by atoms with E-state index in [0.29, 0.717) is 17.7 Å². The summed E-state index contributed by atoms with van der Waals surface area (Å²) in [6.07, 6.45) is 0.541. The van der Waals surface area contributed by atoms with E-state index in [9.17, 15) is 9.59 Å². The van der Waals surface area contributed by atoms with Crippen molar-refractivity contribution in [3.05, 3.63) is 46.3 Å². The molecule has 1 atom stereocenters. The third-order valence-electron chi connectivity index (χ3n) is 3.86. The molecule has 122 valence electrons. The molecule has 2 rings (SSSR count). The van der Waals surface area contributed by atoms with E-state index in [2.05, 4.69) is 10.5 Å². The highest BCUT2D eigenvalue weighted by Gasteiger charge is 2.19. The Balaban J connectivity index is 2.07. The lowest BCUT2D eigenvalue weighted by Crippen LogP contribution is -2.22. The number of anilines is 1. The number of carbonyl (C=O) groups excluding carboxylic acids is 1. The summed E-state index contributed by atoms with van der Waals surface area (Å²) in [6, 6.07) is 4.74. The second kappa shape index (κ2) is 6.64. The van der Waals surface area contributed by atoms with E-state index in [1.54, 1.807) is 19.1 Å². The average molecular weight is 316 g/mol. The van der Waals surface area contributed by atoms with Crippen LogP contribution < -0.4 is 5.32 Å². The highest BCUT2D eigenvalue weighted by Crippen LogP contribution is 2.20. The summed E-state index contributed by atoms with van der Waals surface area (Å²) >= 11 is 0. The molecule has 0 saturated carbocycles. The molecule has 0 saturated heterocycles. The molecule has 0 aliphatic rings. The first-order chi connectivity index (χ1) is 10.8. The van der Waals surface area contributed by atoms with Crippen molar-refractivity contribution >= 4 is 17.6 Å². The van der Waals surface area contributed by atoms with Gasteiger partial charge in [-0.15, -0.1) is 0 Å². The van der Waals surface area contributed by atoms with Gasteiger partial charge in [-0.05, 0) is 51.0 Å². The largest absolute Gasteiger partial charge is 0.478 e. The highest BCUT2D eigenvalue weighted by atomic mass is 16.5. The molecule has 1 amide bonds. The van der Waals surface area contributed by atoms with E-state index in [-0.39, 0.29) is 17.4 Å². The van der Waals surface area contributed by atoms with Crippen molar-refractivity contribution in [1.82, 2.24) is 5.16 Å². The summed E-state index contributed by atoms with van der Waals surface area (Å²) in [5.74, 6) is -0.644. The molecule has 0 unspecified atom stereocenters. The van der Waals surface area contributed by atoms with Gasteiger partial charge in [-0.1, -0.05) is 12.1 Å². The maximum Gasteiger partial charge on any atom is 0.335 e. The Labute approximate surface area is 134 Å². The normalized spacial score (nSPS) is 12.0. The van der Waals surface area contributed by atoms with Crippen LogP contribution in [0.3, 0.4) is 0 Å². The van der Waals surface area contributed by atoms with E-state index in [0.717, 1.165) is 17.0 Å². The molecule has 1 heterocycles. The summed E-state index contributed by atoms with van der Waals surface area (Å²) in [5, 5.41) is 15.7. The summed E-state index contributed by atoms with van der Waals surface area (Å²) in [5.41, 5.74) is 3.16. The van der Waals surface area contributed by atoms with Crippen LogP contribution >= 0.6 is 0 Å². The number of rotatable bonds is 5. The lowest BCUT2D eigenvalue weighted by molar-refractivity contribution is -0.119. The zero-order chi connectivity index (χ0) is 17.1. The van der Waals surface area contributed by atoms with E-state index in [4.69, 9.17) is 9.63 Å². The van der Waals surface area contributed by atoms with E-state index >= 15 is 0 Å². The Morgan fingerprint density at radius 3 is 2.52 bits per heavy atom. The zero-order valence-corrected chi connectivity index (χ0v) is 13.6. The molecule has 2 aromatic rings. The smallest absolute Gasteiger partial charge is 0.335 e. The third kappa shape index (κ3) is 3.77. The van der Waals surface area contributed by atoms with Crippen LogP contribution in [-0.2, 0) is 11.2 Å². The van der Waals surface area contributed by atoms with Gasteiger partial charge >= 0.3 is 5.97 Å². The van der Waals surface area contributed by atoms with Crippen molar-refractivity contribution in [2.45, 2.75) is 34.1 Å². The van der Waals surface area contributed by atoms with Crippen LogP contribution in [0, 0.1) is 26.7 Å². The van der Waals surface area contributed by atoms with Crippen molar-refractivity contribution in [3.8, 4) is 0 Å². The average Bonchev–Trinajstić information content (AvgIpc) is 2.78. The van der Waals surface area contributed by atoms with Crippen molar-refractivity contribution in [3.63, 3.8) is 0 Å². The van der Waals surface area contributed by atoms with Crippen molar-refractivity contribution in [1.29, 1.82) is 0 Å². The second-order valence-electron chi connectivity index (χ2n) is 5.73. The van der Waals surface area contributed by atoms with Gasteiger partial charge in [0.25, 0.3) is 0 Å². The fourth-order valence-corrected chi connectivity index (χ4v) is 2.44. The molecule has 0 aliphatic heterocycles. The number of hydrogen-bond donors (Lipinski definition) is 2. The molecule has 23 heavy (non-hydrogen) atoms. The molecule has 0 fully saturated rings. The number of aromatic carboxylic acids is 1. The van der Waals surface area contributed by atoms with E-state index in [1.807, 2.05) is 20.8 Å². The quantitative estimate of drug-likeness (QED) is 0.884. The van der Waals surface area contributed by atoms with Gasteiger partial charge in [0.2, 0.25) is 5.91 Å². The molecule has 2 N–H and O–H groups in total. The summed E-state index contributed by atoms with van der Waals surface area (Å²) in [7, 11) is 0. The van der Waals surface area contributed by atoms with E-state index in [1.165, 1.54) is 6.07 Å². The molecule has 0 radical (unpaired) electrons. The fourth-order valence-electron chi connectivity index (χ4n) is 2.44. The lowest BCUT2D eigenvalue weighted by atomic mass is 9.99. The predicted octanol–water partition coefficient (Wildman–Crippen LogP) is 3.12. The second-order valence-corrected chi connectivity index (χ2v) is 5.73. The first-order valence-corrected chi connectivity index (χ1v) is 7.36. The maximum absolute atomic E-state index is 12.3. The van der Waals surface area contributed by atoms with Crippen LogP contribution in [0.15, 0.2) is 22.7 Å². The van der Waals surface area contributed by atoms with Crippen molar-refractivity contribution in [2.75, 3.05) is 5.32 Å². The monoisotopic (exact) mass is 316 g/mol. The maximum atomic E-state index is 12.3. The van der Waals surface area contributed by atoms with Gasteiger partial charge in [0, 0.05) is 17.2 Å². The SMILES string of the molecule is Cc1cc(NC(=O)[C@@H](C)Cc2c(C)noc2C)ccc1C(=O)O. The van der Waals surface area contributed by atoms with Gasteiger partial charge in [0.1, 0.15) is 5.76 Å². The molecular formula is C17H20N2O4. The van der Waals surface area contributed by atoms with Crippen LogP contribution in [0.2, 0.25) is 0 Å². The molecular weight excluding hydrogens is 296 g/mol. The molecule has 1 aromatic carbocycles. The Kier molecular flexibility index (Phi) is 4.83. The fraction of sp³-hybridized carbons (Fsp3) is 0.353. The van der Waals surface area contributed by atoms with Crippen LogP contribution in [0.1, 0.15) is 39.9 Å². The molecule has 6 nitrogen and oxygen atoms in total. The Morgan fingerprint density at radius 1 is 1.30 bits per heavy atom. The number of aryl methyl sites for hydroxylation is 3. The molecule has 0 spiro atoms.